The number of alkyl halides is 1. The van der Waals surface area contributed by atoms with E-state index in [0.717, 1.165) is 5.92 Å². The minimum absolute atomic E-state index is 0.325. The standard InChI is InChI=1S/C16H33Br/c1-5-7-9-11-13-15(16(3,4)17)14-12-10-8-6-2/h15H,5-14H2,1-4H3. The Morgan fingerprint density at radius 2 is 1.18 bits per heavy atom. The average Bonchev–Trinajstić information content (AvgIpc) is 2.25. The van der Waals surface area contributed by atoms with Crippen LogP contribution in [0.25, 0.3) is 0 Å². The first-order chi connectivity index (χ1) is 8.02. The Hall–Kier alpha value is 0.480. The van der Waals surface area contributed by atoms with E-state index in [1.54, 1.807) is 0 Å². The fourth-order valence-electron chi connectivity index (χ4n) is 2.47. The van der Waals surface area contributed by atoms with Gasteiger partial charge in [0.05, 0.1) is 0 Å². The van der Waals surface area contributed by atoms with Crippen LogP contribution in [-0.2, 0) is 0 Å². The van der Waals surface area contributed by atoms with Crippen LogP contribution in [0.15, 0.2) is 0 Å². The van der Waals surface area contributed by atoms with Crippen LogP contribution in [-0.4, -0.2) is 4.32 Å². The van der Waals surface area contributed by atoms with Crippen LogP contribution in [0.5, 0.6) is 0 Å². The Bertz CT molecular complexity index is 145. The lowest BCUT2D eigenvalue weighted by molar-refractivity contribution is 0.347. The first kappa shape index (κ1) is 17.5. The average molecular weight is 305 g/mol. The summed E-state index contributed by atoms with van der Waals surface area (Å²) in [4.78, 5) is 0. The zero-order valence-corrected chi connectivity index (χ0v) is 14.1. The number of unbranched alkanes of at least 4 members (excludes halogenated alkanes) is 6. The van der Waals surface area contributed by atoms with Gasteiger partial charge in [-0.15, -0.1) is 0 Å². The summed E-state index contributed by atoms with van der Waals surface area (Å²) in [6.45, 7) is 9.27. The maximum absolute atomic E-state index is 3.88. The highest BCUT2D eigenvalue weighted by Crippen LogP contribution is 2.34. The molecule has 0 aromatic rings. The Morgan fingerprint density at radius 3 is 1.47 bits per heavy atom. The number of halogens is 1. The molecule has 0 aromatic carbocycles. The van der Waals surface area contributed by atoms with Crippen LogP contribution in [0.4, 0.5) is 0 Å². The molecule has 0 atom stereocenters. The van der Waals surface area contributed by atoms with Gasteiger partial charge in [-0.05, 0) is 32.6 Å². The second kappa shape index (κ2) is 10.4. The van der Waals surface area contributed by atoms with Crippen LogP contribution in [0.2, 0.25) is 0 Å². The third-order valence-corrected chi connectivity index (χ3v) is 4.43. The summed E-state index contributed by atoms with van der Waals surface area (Å²) in [5.41, 5.74) is 0. The summed E-state index contributed by atoms with van der Waals surface area (Å²) in [5.74, 6) is 0.858. The number of rotatable bonds is 11. The van der Waals surface area contributed by atoms with Gasteiger partial charge in [-0.25, -0.2) is 0 Å². The highest BCUT2D eigenvalue weighted by atomic mass is 79.9. The summed E-state index contributed by atoms with van der Waals surface area (Å²) in [5, 5.41) is 0. The van der Waals surface area contributed by atoms with Crippen molar-refractivity contribution in [3.8, 4) is 0 Å². The zero-order chi connectivity index (χ0) is 13.1. The van der Waals surface area contributed by atoms with E-state index in [1.165, 1.54) is 64.2 Å². The lowest BCUT2D eigenvalue weighted by atomic mass is 9.85. The summed E-state index contributed by atoms with van der Waals surface area (Å²) in [6, 6.07) is 0. The van der Waals surface area contributed by atoms with Crippen LogP contribution in [0, 0.1) is 5.92 Å². The SMILES string of the molecule is CCCCCCC(CCCCCC)C(C)(C)Br. The fraction of sp³-hybridized carbons (Fsp3) is 1.00. The molecule has 0 aliphatic heterocycles. The minimum Gasteiger partial charge on any atom is -0.0856 e. The molecule has 0 aromatic heterocycles. The first-order valence-electron chi connectivity index (χ1n) is 7.71. The molecule has 0 nitrogen and oxygen atoms in total. The Morgan fingerprint density at radius 1 is 0.765 bits per heavy atom. The molecule has 0 N–H and O–H groups in total. The molecule has 0 bridgehead atoms. The van der Waals surface area contributed by atoms with Gasteiger partial charge >= 0.3 is 0 Å². The molecule has 0 saturated carbocycles. The second-order valence-corrected chi connectivity index (χ2v) is 8.00. The Kier molecular flexibility index (Phi) is 10.7. The van der Waals surface area contributed by atoms with Crippen LogP contribution < -0.4 is 0 Å². The lowest BCUT2D eigenvalue weighted by Crippen LogP contribution is -2.24. The molecule has 0 rings (SSSR count). The third kappa shape index (κ3) is 10.1. The topological polar surface area (TPSA) is 0 Å². The molecule has 0 aliphatic carbocycles. The van der Waals surface area contributed by atoms with Gasteiger partial charge in [0.15, 0.2) is 0 Å². The van der Waals surface area contributed by atoms with Crippen molar-refractivity contribution in [3.05, 3.63) is 0 Å². The monoisotopic (exact) mass is 304 g/mol. The van der Waals surface area contributed by atoms with E-state index in [9.17, 15) is 0 Å². The van der Waals surface area contributed by atoms with Gasteiger partial charge in [-0.2, -0.15) is 0 Å². The molecular formula is C16H33Br. The predicted octanol–water partition coefficient (Wildman–Crippen LogP) is 6.72. The summed E-state index contributed by atoms with van der Waals surface area (Å²) < 4.78 is 0.325. The van der Waals surface area contributed by atoms with Gasteiger partial charge < -0.3 is 0 Å². The van der Waals surface area contributed by atoms with E-state index in [4.69, 9.17) is 0 Å². The minimum atomic E-state index is 0.325. The van der Waals surface area contributed by atoms with E-state index >= 15 is 0 Å². The normalized spacial score (nSPS) is 12.4. The summed E-state index contributed by atoms with van der Waals surface area (Å²) in [6.07, 6.45) is 14.0. The van der Waals surface area contributed by atoms with Crippen molar-refractivity contribution in [2.45, 2.75) is 96.2 Å². The van der Waals surface area contributed by atoms with Gasteiger partial charge in [0, 0.05) is 4.32 Å². The maximum Gasteiger partial charge on any atom is 0.0229 e. The Balaban J connectivity index is 3.81. The van der Waals surface area contributed by atoms with Gasteiger partial charge in [-0.1, -0.05) is 81.1 Å². The molecule has 0 heterocycles. The largest absolute Gasteiger partial charge is 0.0856 e. The molecular weight excluding hydrogens is 272 g/mol. The van der Waals surface area contributed by atoms with Crippen molar-refractivity contribution in [2.75, 3.05) is 0 Å². The third-order valence-electron chi connectivity index (χ3n) is 3.78. The smallest absolute Gasteiger partial charge is 0.0229 e. The van der Waals surface area contributed by atoms with Crippen LogP contribution >= 0.6 is 15.9 Å². The van der Waals surface area contributed by atoms with Gasteiger partial charge in [0.25, 0.3) is 0 Å². The summed E-state index contributed by atoms with van der Waals surface area (Å²) in [7, 11) is 0. The van der Waals surface area contributed by atoms with Crippen molar-refractivity contribution in [1.29, 1.82) is 0 Å². The van der Waals surface area contributed by atoms with E-state index in [1.807, 2.05) is 0 Å². The van der Waals surface area contributed by atoms with E-state index in [2.05, 4.69) is 43.6 Å². The zero-order valence-electron chi connectivity index (χ0n) is 12.5. The molecule has 0 fully saturated rings. The lowest BCUT2D eigenvalue weighted by Gasteiger charge is -2.29. The van der Waals surface area contributed by atoms with Crippen molar-refractivity contribution in [1.82, 2.24) is 0 Å². The molecule has 17 heavy (non-hydrogen) atoms. The quantitative estimate of drug-likeness (QED) is 0.294. The van der Waals surface area contributed by atoms with Crippen LogP contribution in [0.3, 0.4) is 0 Å². The number of hydrogen-bond acceptors (Lipinski definition) is 0. The van der Waals surface area contributed by atoms with Crippen molar-refractivity contribution >= 4 is 15.9 Å². The van der Waals surface area contributed by atoms with Crippen molar-refractivity contribution < 1.29 is 0 Å². The number of hydrogen-bond donors (Lipinski definition) is 0. The first-order valence-corrected chi connectivity index (χ1v) is 8.50. The molecule has 104 valence electrons. The van der Waals surface area contributed by atoms with Crippen LogP contribution in [0.1, 0.15) is 91.9 Å². The predicted molar refractivity (Wildman–Crippen MR) is 84.0 cm³/mol. The molecule has 0 unspecified atom stereocenters. The molecule has 0 amide bonds. The highest BCUT2D eigenvalue weighted by molar-refractivity contribution is 9.10. The van der Waals surface area contributed by atoms with E-state index in [-0.39, 0.29) is 0 Å². The fourth-order valence-corrected chi connectivity index (χ4v) is 2.92. The van der Waals surface area contributed by atoms with Crippen molar-refractivity contribution in [2.24, 2.45) is 5.92 Å². The van der Waals surface area contributed by atoms with Crippen molar-refractivity contribution in [3.63, 3.8) is 0 Å². The molecule has 0 radical (unpaired) electrons. The maximum atomic E-state index is 3.88. The molecule has 1 heteroatoms. The second-order valence-electron chi connectivity index (χ2n) is 5.96. The van der Waals surface area contributed by atoms with Gasteiger partial charge in [0.2, 0.25) is 0 Å². The summed E-state index contributed by atoms with van der Waals surface area (Å²) >= 11 is 3.88. The Labute approximate surface area is 118 Å². The highest BCUT2D eigenvalue weighted by Gasteiger charge is 2.25. The van der Waals surface area contributed by atoms with Gasteiger partial charge in [0.1, 0.15) is 0 Å². The molecule has 0 aliphatic rings. The van der Waals surface area contributed by atoms with Gasteiger partial charge in [-0.3, -0.25) is 0 Å². The van der Waals surface area contributed by atoms with E-state index < -0.39 is 0 Å². The molecule has 0 saturated heterocycles. The van der Waals surface area contributed by atoms with E-state index in [0.29, 0.717) is 4.32 Å². The molecule has 0 spiro atoms.